The van der Waals surface area contributed by atoms with E-state index in [9.17, 15) is 0 Å². The Morgan fingerprint density at radius 3 is 2.67 bits per heavy atom. The number of hydrogen-bond acceptors (Lipinski definition) is 4. The maximum absolute atomic E-state index is 5.49. The van der Waals surface area contributed by atoms with E-state index in [0.717, 1.165) is 16.9 Å². The standard InChI is InChI=1S/C11H12N2O2/c1-7-3-8(5-9(4-7)14-2)10-6-11(12)13-15-10/h3-6H,1-2H3,(H2,12,13). The van der Waals surface area contributed by atoms with Crippen molar-refractivity contribution in [2.45, 2.75) is 6.92 Å². The Morgan fingerprint density at radius 1 is 1.27 bits per heavy atom. The fourth-order valence-corrected chi connectivity index (χ4v) is 1.43. The topological polar surface area (TPSA) is 61.3 Å². The number of aromatic nitrogens is 1. The number of nitrogen functional groups attached to an aromatic ring is 1. The molecule has 0 aliphatic carbocycles. The van der Waals surface area contributed by atoms with Crippen molar-refractivity contribution in [3.8, 4) is 17.1 Å². The average molecular weight is 204 g/mol. The first-order valence-corrected chi connectivity index (χ1v) is 4.57. The van der Waals surface area contributed by atoms with Gasteiger partial charge in [0.1, 0.15) is 5.75 Å². The molecule has 0 fully saturated rings. The zero-order valence-electron chi connectivity index (χ0n) is 8.65. The molecule has 0 radical (unpaired) electrons. The van der Waals surface area contributed by atoms with Gasteiger partial charge in [-0.1, -0.05) is 5.16 Å². The normalized spacial score (nSPS) is 10.3. The number of nitrogens with two attached hydrogens (primary N) is 1. The highest BCUT2D eigenvalue weighted by Gasteiger charge is 2.06. The average Bonchev–Trinajstić information content (AvgIpc) is 2.64. The van der Waals surface area contributed by atoms with Crippen molar-refractivity contribution in [3.05, 3.63) is 29.8 Å². The van der Waals surface area contributed by atoms with Crippen LogP contribution in [0.4, 0.5) is 5.82 Å². The van der Waals surface area contributed by atoms with Crippen molar-refractivity contribution >= 4 is 5.82 Å². The molecule has 2 rings (SSSR count). The van der Waals surface area contributed by atoms with E-state index in [1.54, 1.807) is 13.2 Å². The van der Waals surface area contributed by atoms with Gasteiger partial charge in [0.05, 0.1) is 7.11 Å². The number of anilines is 1. The third-order valence-electron chi connectivity index (χ3n) is 2.10. The molecule has 0 atom stereocenters. The molecule has 4 nitrogen and oxygen atoms in total. The highest BCUT2D eigenvalue weighted by atomic mass is 16.5. The summed E-state index contributed by atoms with van der Waals surface area (Å²) in [7, 11) is 1.63. The summed E-state index contributed by atoms with van der Waals surface area (Å²) < 4.78 is 10.2. The Bertz CT molecular complexity index is 477. The van der Waals surface area contributed by atoms with Crippen LogP contribution < -0.4 is 10.5 Å². The molecule has 2 aromatic rings. The Morgan fingerprint density at radius 2 is 2.07 bits per heavy atom. The lowest BCUT2D eigenvalue weighted by Crippen LogP contribution is -1.85. The molecular formula is C11H12N2O2. The molecule has 0 unspecified atom stereocenters. The van der Waals surface area contributed by atoms with Crippen LogP contribution in [0.2, 0.25) is 0 Å². The first-order chi connectivity index (χ1) is 7.19. The molecule has 78 valence electrons. The van der Waals surface area contributed by atoms with Crippen LogP contribution in [0.5, 0.6) is 5.75 Å². The maximum atomic E-state index is 5.49. The minimum atomic E-state index is 0.380. The molecule has 0 spiro atoms. The van der Waals surface area contributed by atoms with Gasteiger partial charge in [0.15, 0.2) is 11.6 Å². The molecule has 2 N–H and O–H groups in total. The van der Waals surface area contributed by atoms with Crippen molar-refractivity contribution in [1.82, 2.24) is 5.16 Å². The number of hydrogen-bond donors (Lipinski definition) is 1. The Labute approximate surface area is 87.6 Å². The predicted octanol–water partition coefficient (Wildman–Crippen LogP) is 2.24. The van der Waals surface area contributed by atoms with Crippen LogP contribution in [-0.4, -0.2) is 12.3 Å². The largest absolute Gasteiger partial charge is 0.497 e. The van der Waals surface area contributed by atoms with E-state index in [4.69, 9.17) is 15.0 Å². The smallest absolute Gasteiger partial charge is 0.169 e. The third-order valence-corrected chi connectivity index (χ3v) is 2.10. The number of aryl methyl sites for hydroxylation is 1. The molecule has 0 amide bonds. The van der Waals surface area contributed by atoms with Crippen LogP contribution in [-0.2, 0) is 0 Å². The quantitative estimate of drug-likeness (QED) is 0.814. The van der Waals surface area contributed by atoms with Crippen LogP contribution in [0.1, 0.15) is 5.56 Å². The van der Waals surface area contributed by atoms with Crippen LogP contribution in [0.25, 0.3) is 11.3 Å². The van der Waals surface area contributed by atoms with Gasteiger partial charge in [-0.25, -0.2) is 0 Å². The Hall–Kier alpha value is -1.97. The van der Waals surface area contributed by atoms with Gasteiger partial charge in [0, 0.05) is 11.6 Å². The van der Waals surface area contributed by atoms with Crippen molar-refractivity contribution in [1.29, 1.82) is 0 Å². The van der Waals surface area contributed by atoms with Gasteiger partial charge < -0.3 is 15.0 Å². The Kier molecular flexibility index (Phi) is 2.33. The molecular weight excluding hydrogens is 192 g/mol. The number of rotatable bonds is 2. The molecule has 1 aromatic heterocycles. The lowest BCUT2D eigenvalue weighted by Gasteiger charge is -2.03. The minimum Gasteiger partial charge on any atom is -0.497 e. The van der Waals surface area contributed by atoms with E-state index in [1.165, 1.54) is 0 Å². The first kappa shape index (κ1) is 9.58. The molecule has 0 saturated carbocycles. The van der Waals surface area contributed by atoms with E-state index in [0.29, 0.717) is 11.6 Å². The summed E-state index contributed by atoms with van der Waals surface area (Å²) in [5.74, 6) is 1.82. The summed E-state index contributed by atoms with van der Waals surface area (Å²) >= 11 is 0. The molecule has 0 aliphatic heterocycles. The zero-order valence-corrected chi connectivity index (χ0v) is 8.65. The van der Waals surface area contributed by atoms with Gasteiger partial charge in [-0.05, 0) is 30.7 Å². The summed E-state index contributed by atoms with van der Waals surface area (Å²) in [6.07, 6.45) is 0. The van der Waals surface area contributed by atoms with Crippen molar-refractivity contribution in [3.63, 3.8) is 0 Å². The third kappa shape index (κ3) is 1.93. The van der Waals surface area contributed by atoms with Crippen molar-refractivity contribution in [2.24, 2.45) is 0 Å². The van der Waals surface area contributed by atoms with Crippen molar-refractivity contribution in [2.75, 3.05) is 12.8 Å². The van der Waals surface area contributed by atoms with Gasteiger partial charge in [-0.15, -0.1) is 0 Å². The van der Waals surface area contributed by atoms with E-state index in [2.05, 4.69) is 5.16 Å². The number of ether oxygens (including phenoxy) is 1. The van der Waals surface area contributed by atoms with Crippen LogP contribution in [0, 0.1) is 6.92 Å². The van der Waals surface area contributed by atoms with Crippen LogP contribution >= 0.6 is 0 Å². The van der Waals surface area contributed by atoms with Gasteiger partial charge in [-0.2, -0.15) is 0 Å². The molecule has 0 saturated heterocycles. The van der Waals surface area contributed by atoms with Crippen LogP contribution in [0.15, 0.2) is 28.8 Å². The molecule has 0 aliphatic rings. The number of benzene rings is 1. The van der Waals surface area contributed by atoms with Gasteiger partial charge in [0.25, 0.3) is 0 Å². The SMILES string of the molecule is COc1cc(C)cc(-c2cc(N)no2)c1. The maximum Gasteiger partial charge on any atom is 0.169 e. The second kappa shape index (κ2) is 3.65. The minimum absolute atomic E-state index is 0.380. The predicted molar refractivity (Wildman–Crippen MR) is 57.6 cm³/mol. The zero-order chi connectivity index (χ0) is 10.8. The fourth-order valence-electron chi connectivity index (χ4n) is 1.43. The highest BCUT2D eigenvalue weighted by Crippen LogP contribution is 2.26. The van der Waals surface area contributed by atoms with Gasteiger partial charge >= 0.3 is 0 Å². The van der Waals surface area contributed by atoms with E-state index >= 15 is 0 Å². The second-order valence-electron chi connectivity index (χ2n) is 3.35. The summed E-state index contributed by atoms with van der Waals surface area (Å²) in [6.45, 7) is 1.99. The van der Waals surface area contributed by atoms with E-state index in [1.807, 2.05) is 25.1 Å². The number of methoxy groups -OCH3 is 1. The van der Waals surface area contributed by atoms with E-state index < -0.39 is 0 Å². The van der Waals surface area contributed by atoms with Crippen LogP contribution in [0.3, 0.4) is 0 Å². The molecule has 4 heteroatoms. The molecule has 1 heterocycles. The summed E-state index contributed by atoms with van der Waals surface area (Å²) in [5.41, 5.74) is 7.50. The number of nitrogens with zero attached hydrogens (tertiary/aromatic N) is 1. The summed E-state index contributed by atoms with van der Waals surface area (Å²) in [4.78, 5) is 0. The molecule has 15 heavy (non-hydrogen) atoms. The first-order valence-electron chi connectivity index (χ1n) is 4.57. The molecule has 0 bridgehead atoms. The van der Waals surface area contributed by atoms with E-state index in [-0.39, 0.29) is 0 Å². The van der Waals surface area contributed by atoms with Crippen molar-refractivity contribution < 1.29 is 9.26 Å². The lowest BCUT2D eigenvalue weighted by atomic mass is 10.1. The van der Waals surface area contributed by atoms with Gasteiger partial charge in [-0.3, -0.25) is 0 Å². The van der Waals surface area contributed by atoms with Gasteiger partial charge in [0.2, 0.25) is 0 Å². The summed E-state index contributed by atoms with van der Waals surface area (Å²) in [5, 5.41) is 3.64. The lowest BCUT2D eigenvalue weighted by molar-refractivity contribution is 0.413. The summed E-state index contributed by atoms with van der Waals surface area (Å²) in [6, 6.07) is 7.51. The highest BCUT2D eigenvalue weighted by molar-refractivity contribution is 5.63. The fraction of sp³-hybridized carbons (Fsp3) is 0.182. The second-order valence-corrected chi connectivity index (χ2v) is 3.35. The Balaban J connectivity index is 2.48. The monoisotopic (exact) mass is 204 g/mol. The molecule has 1 aromatic carbocycles.